The molecule has 3 nitrogen and oxygen atoms in total. The SMILES string of the molecule is O=C(NCCSc1ccccc1)/C(=C/c1ccco1)c1ccccc1. The molecule has 0 saturated carbocycles. The Hall–Kier alpha value is -2.72. The summed E-state index contributed by atoms with van der Waals surface area (Å²) in [7, 11) is 0. The van der Waals surface area contributed by atoms with Gasteiger partial charge >= 0.3 is 0 Å². The summed E-state index contributed by atoms with van der Waals surface area (Å²) in [6, 6.07) is 23.4. The number of rotatable bonds is 7. The molecule has 0 radical (unpaired) electrons. The largest absolute Gasteiger partial charge is 0.465 e. The van der Waals surface area contributed by atoms with Crippen LogP contribution in [-0.4, -0.2) is 18.2 Å². The van der Waals surface area contributed by atoms with Gasteiger partial charge < -0.3 is 9.73 Å². The predicted molar refractivity (Wildman–Crippen MR) is 103 cm³/mol. The lowest BCUT2D eigenvalue weighted by Crippen LogP contribution is -2.26. The Balaban J connectivity index is 1.63. The van der Waals surface area contributed by atoms with Gasteiger partial charge in [0.15, 0.2) is 0 Å². The van der Waals surface area contributed by atoms with Gasteiger partial charge in [-0.15, -0.1) is 11.8 Å². The van der Waals surface area contributed by atoms with Crippen molar-refractivity contribution in [3.63, 3.8) is 0 Å². The van der Waals surface area contributed by atoms with Gasteiger partial charge in [0.05, 0.1) is 11.8 Å². The van der Waals surface area contributed by atoms with Crippen LogP contribution < -0.4 is 5.32 Å². The molecular weight excluding hydrogens is 330 g/mol. The zero-order valence-electron chi connectivity index (χ0n) is 13.7. The first-order valence-electron chi connectivity index (χ1n) is 8.09. The fourth-order valence-electron chi connectivity index (χ4n) is 2.36. The van der Waals surface area contributed by atoms with Crippen LogP contribution in [0.25, 0.3) is 11.6 Å². The fourth-order valence-corrected chi connectivity index (χ4v) is 3.15. The number of thioether (sulfide) groups is 1. The zero-order valence-corrected chi connectivity index (χ0v) is 14.5. The van der Waals surface area contributed by atoms with E-state index < -0.39 is 0 Å². The van der Waals surface area contributed by atoms with Gasteiger partial charge in [0.1, 0.15) is 5.76 Å². The molecule has 0 fully saturated rings. The molecule has 0 spiro atoms. The number of furan rings is 1. The quantitative estimate of drug-likeness (QED) is 0.381. The van der Waals surface area contributed by atoms with Crippen molar-refractivity contribution in [2.75, 3.05) is 12.3 Å². The maximum atomic E-state index is 12.7. The summed E-state index contributed by atoms with van der Waals surface area (Å²) in [5.41, 5.74) is 1.47. The van der Waals surface area contributed by atoms with E-state index >= 15 is 0 Å². The lowest BCUT2D eigenvalue weighted by atomic mass is 10.0. The average Bonchev–Trinajstić information content (AvgIpc) is 3.18. The van der Waals surface area contributed by atoms with Crippen molar-refractivity contribution in [3.05, 3.63) is 90.4 Å². The number of hydrogen-bond acceptors (Lipinski definition) is 3. The third kappa shape index (κ3) is 5.13. The van der Waals surface area contributed by atoms with Crippen molar-refractivity contribution < 1.29 is 9.21 Å². The van der Waals surface area contributed by atoms with Crippen LogP contribution in [-0.2, 0) is 4.79 Å². The number of benzene rings is 2. The number of hydrogen-bond donors (Lipinski definition) is 1. The fraction of sp³-hybridized carbons (Fsp3) is 0.0952. The van der Waals surface area contributed by atoms with Gasteiger partial charge in [-0.1, -0.05) is 48.5 Å². The van der Waals surface area contributed by atoms with E-state index in [1.165, 1.54) is 4.90 Å². The lowest BCUT2D eigenvalue weighted by Gasteiger charge is -2.09. The van der Waals surface area contributed by atoms with Crippen molar-refractivity contribution in [1.82, 2.24) is 5.32 Å². The van der Waals surface area contributed by atoms with E-state index in [0.29, 0.717) is 17.9 Å². The van der Waals surface area contributed by atoms with Gasteiger partial charge in [-0.3, -0.25) is 4.79 Å². The standard InChI is InChI=1S/C21H19NO2S/c23-21(22-13-15-25-19-11-5-2-6-12-19)20(16-18-10-7-14-24-18)17-8-3-1-4-9-17/h1-12,14,16H,13,15H2,(H,22,23)/b20-16+. The number of carbonyl (C=O) groups excluding carboxylic acids is 1. The monoisotopic (exact) mass is 349 g/mol. The van der Waals surface area contributed by atoms with Gasteiger partial charge in [-0.2, -0.15) is 0 Å². The Morgan fingerprint density at radius 1 is 0.960 bits per heavy atom. The Morgan fingerprint density at radius 2 is 1.68 bits per heavy atom. The summed E-state index contributed by atoms with van der Waals surface area (Å²) in [5, 5.41) is 2.99. The minimum atomic E-state index is -0.101. The van der Waals surface area contributed by atoms with E-state index in [1.54, 1.807) is 24.1 Å². The molecule has 1 amide bonds. The zero-order chi connectivity index (χ0) is 17.3. The molecule has 0 unspecified atom stereocenters. The van der Waals surface area contributed by atoms with Crippen LogP contribution in [0.3, 0.4) is 0 Å². The molecule has 3 rings (SSSR count). The van der Waals surface area contributed by atoms with E-state index in [0.717, 1.165) is 11.3 Å². The van der Waals surface area contributed by atoms with E-state index in [1.807, 2.05) is 60.7 Å². The van der Waals surface area contributed by atoms with Crippen LogP contribution in [0.1, 0.15) is 11.3 Å². The number of nitrogens with one attached hydrogen (secondary N) is 1. The van der Waals surface area contributed by atoms with E-state index in [2.05, 4.69) is 17.4 Å². The maximum Gasteiger partial charge on any atom is 0.252 e. The van der Waals surface area contributed by atoms with Crippen molar-refractivity contribution >= 4 is 29.3 Å². The molecule has 1 aromatic heterocycles. The summed E-state index contributed by atoms with van der Waals surface area (Å²) in [4.78, 5) is 13.9. The van der Waals surface area contributed by atoms with Crippen LogP contribution in [0.2, 0.25) is 0 Å². The molecule has 0 atom stereocenters. The van der Waals surface area contributed by atoms with Crippen LogP contribution >= 0.6 is 11.8 Å². The molecule has 1 heterocycles. The predicted octanol–water partition coefficient (Wildman–Crippen LogP) is 4.73. The van der Waals surface area contributed by atoms with Gasteiger partial charge in [-0.25, -0.2) is 0 Å². The average molecular weight is 349 g/mol. The van der Waals surface area contributed by atoms with E-state index in [4.69, 9.17) is 4.42 Å². The molecule has 126 valence electrons. The summed E-state index contributed by atoms with van der Waals surface area (Å²) in [5.74, 6) is 1.38. The maximum absolute atomic E-state index is 12.7. The first-order valence-corrected chi connectivity index (χ1v) is 9.08. The summed E-state index contributed by atoms with van der Waals surface area (Å²) >= 11 is 1.72. The third-order valence-electron chi connectivity index (χ3n) is 3.56. The number of carbonyl (C=O) groups is 1. The topological polar surface area (TPSA) is 42.2 Å². The molecule has 0 aliphatic carbocycles. The molecule has 0 aliphatic rings. The molecule has 0 bridgehead atoms. The molecule has 2 aromatic carbocycles. The molecule has 4 heteroatoms. The second-order valence-electron chi connectivity index (χ2n) is 5.36. The first-order chi connectivity index (χ1) is 12.3. The highest BCUT2D eigenvalue weighted by Gasteiger charge is 2.12. The Morgan fingerprint density at radius 3 is 2.36 bits per heavy atom. The lowest BCUT2D eigenvalue weighted by molar-refractivity contribution is -0.115. The molecule has 1 N–H and O–H groups in total. The smallest absolute Gasteiger partial charge is 0.252 e. The molecule has 25 heavy (non-hydrogen) atoms. The van der Waals surface area contributed by atoms with Gasteiger partial charge in [0, 0.05) is 17.2 Å². The van der Waals surface area contributed by atoms with Crippen molar-refractivity contribution in [1.29, 1.82) is 0 Å². The third-order valence-corrected chi connectivity index (χ3v) is 4.57. The Kier molecular flexibility index (Phi) is 6.12. The van der Waals surface area contributed by atoms with Gasteiger partial charge in [0.25, 0.3) is 5.91 Å². The molecule has 0 aliphatic heterocycles. The van der Waals surface area contributed by atoms with Crippen molar-refractivity contribution in [2.24, 2.45) is 0 Å². The molecular formula is C21H19NO2S. The van der Waals surface area contributed by atoms with Crippen molar-refractivity contribution in [2.45, 2.75) is 4.90 Å². The highest BCUT2D eigenvalue weighted by molar-refractivity contribution is 7.99. The van der Waals surface area contributed by atoms with Crippen LogP contribution in [0.5, 0.6) is 0 Å². The van der Waals surface area contributed by atoms with Crippen molar-refractivity contribution in [3.8, 4) is 0 Å². The van der Waals surface area contributed by atoms with Gasteiger partial charge in [0.2, 0.25) is 0 Å². The Bertz CT molecular complexity index is 812. The highest BCUT2D eigenvalue weighted by atomic mass is 32.2. The summed E-state index contributed by atoms with van der Waals surface area (Å²) in [6.45, 7) is 0.598. The molecule has 3 aromatic rings. The van der Waals surface area contributed by atoms with E-state index in [9.17, 15) is 4.79 Å². The number of amides is 1. The van der Waals surface area contributed by atoms with Gasteiger partial charge in [-0.05, 0) is 35.9 Å². The van der Waals surface area contributed by atoms with E-state index in [-0.39, 0.29) is 5.91 Å². The second kappa shape index (κ2) is 8.94. The minimum absolute atomic E-state index is 0.101. The highest BCUT2D eigenvalue weighted by Crippen LogP contribution is 2.19. The Labute approximate surface area is 151 Å². The normalized spacial score (nSPS) is 11.3. The van der Waals surface area contributed by atoms with Crippen LogP contribution in [0, 0.1) is 0 Å². The first kappa shape index (κ1) is 17.1. The second-order valence-corrected chi connectivity index (χ2v) is 6.53. The van der Waals surface area contributed by atoms with Crippen LogP contribution in [0.4, 0.5) is 0 Å². The molecule has 0 saturated heterocycles. The summed E-state index contributed by atoms with van der Waals surface area (Å²) < 4.78 is 5.36. The van der Waals surface area contributed by atoms with Crippen LogP contribution in [0.15, 0.2) is 88.4 Å². The summed E-state index contributed by atoms with van der Waals surface area (Å²) in [6.07, 6.45) is 3.37. The minimum Gasteiger partial charge on any atom is -0.465 e.